The van der Waals surface area contributed by atoms with Crippen LogP contribution in [0, 0.1) is 10.8 Å². The van der Waals surface area contributed by atoms with Gasteiger partial charge in [0.2, 0.25) is 0 Å². The highest BCUT2D eigenvalue weighted by molar-refractivity contribution is 8.03. The zero-order valence-corrected chi connectivity index (χ0v) is 16.5. The van der Waals surface area contributed by atoms with Crippen molar-refractivity contribution in [1.82, 2.24) is 19.5 Å². The topological polar surface area (TPSA) is 149 Å². The maximum Gasteiger partial charge on any atom is 0.395 e. The molecule has 10 nitrogen and oxygen atoms in total. The number of nitrogen functional groups attached to an aromatic ring is 1. The van der Waals surface area contributed by atoms with E-state index in [-0.39, 0.29) is 28.6 Å². The first-order chi connectivity index (χ1) is 14.7. The fourth-order valence-corrected chi connectivity index (χ4v) is 4.53. The Kier molecular flexibility index (Phi) is 5.72. The largest absolute Gasteiger partial charge is 0.395 e. The summed E-state index contributed by atoms with van der Waals surface area (Å²) in [5.41, 5.74) is 6.06. The number of nitroso groups, excluding NO2 is 1. The second kappa shape index (κ2) is 8.18. The zero-order valence-electron chi connectivity index (χ0n) is 15.7. The summed E-state index contributed by atoms with van der Waals surface area (Å²) in [4.78, 5) is 23.3. The average Bonchev–Trinajstić information content (AvgIpc) is 3.28. The molecular formula is C17H17F3N6O4S. The van der Waals surface area contributed by atoms with Gasteiger partial charge in [-0.3, -0.25) is 4.57 Å². The number of nitrogens with two attached hydrogens (primary N) is 1. The van der Waals surface area contributed by atoms with Gasteiger partial charge in [-0.1, -0.05) is 6.08 Å². The highest BCUT2D eigenvalue weighted by Gasteiger charge is 2.45. The molecule has 3 heterocycles. The van der Waals surface area contributed by atoms with Gasteiger partial charge in [0.25, 0.3) is 0 Å². The van der Waals surface area contributed by atoms with E-state index in [4.69, 9.17) is 10.5 Å². The van der Waals surface area contributed by atoms with Crippen LogP contribution in [0.15, 0.2) is 40.6 Å². The molecule has 14 heteroatoms. The monoisotopic (exact) mass is 458 g/mol. The van der Waals surface area contributed by atoms with Crippen LogP contribution >= 0.6 is 11.8 Å². The van der Waals surface area contributed by atoms with E-state index in [9.17, 15) is 28.3 Å². The Hall–Kier alpha value is -2.55. The van der Waals surface area contributed by atoms with Gasteiger partial charge >= 0.3 is 6.18 Å². The van der Waals surface area contributed by atoms with E-state index < -0.39 is 36.6 Å². The lowest BCUT2D eigenvalue weighted by molar-refractivity contribution is -0.160. The number of aliphatic hydroxyl groups is 2. The summed E-state index contributed by atoms with van der Waals surface area (Å²) < 4.78 is 45.9. The number of halogens is 3. The van der Waals surface area contributed by atoms with Gasteiger partial charge in [0.15, 0.2) is 17.7 Å². The predicted molar refractivity (Wildman–Crippen MR) is 104 cm³/mol. The van der Waals surface area contributed by atoms with Crippen molar-refractivity contribution in [2.75, 3.05) is 11.5 Å². The van der Waals surface area contributed by atoms with Gasteiger partial charge in [-0.25, -0.2) is 15.0 Å². The molecule has 2 aromatic heterocycles. The molecule has 5 atom stereocenters. The Morgan fingerprint density at radius 2 is 2.06 bits per heavy atom. The molecular weight excluding hydrogens is 441 g/mol. The number of hydrogen-bond acceptors (Lipinski definition) is 10. The molecule has 1 aliphatic heterocycles. The Balaban J connectivity index is 1.47. The number of alkyl halides is 3. The molecule has 0 amide bonds. The summed E-state index contributed by atoms with van der Waals surface area (Å²) in [6.07, 6.45) is -4.64. The molecule has 1 aliphatic carbocycles. The second-order valence-corrected chi connectivity index (χ2v) is 8.10. The molecule has 4 N–H and O–H groups in total. The van der Waals surface area contributed by atoms with Crippen LogP contribution in [-0.2, 0) is 4.74 Å². The summed E-state index contributed by atoms with van der Waals surface area (Å²) in [5, 5.41) is 23.6. The van der Waals surface area contributed by atoms with Gasteiger partial charge in [-0.05, 0) is 17.7 Å². The first kappa shape index (κ1) is 21.7. The van der Waals surface area contributed by atoms with Crippen molar-refractivity contribution < 1.29 is 28.1 Å². The molecule has 0 radical (unpaired) electrons. The van der Waals surface area contributed by atoms with E-state index in [0.717, 1.165) is 17.8 Å². The highest BCUT2D eigenvalue weighted by Crippen LogP contribution is 2.41. The third-order valence-electron chi connectivity index (χ3n) is 5.09. The van der Waals surface area contributed by atoms with E-state index in [2.05, 4.69) is 20.1 Å². The summed E-state index contributed by atoms with van der Waals surface area (Å²) >= 11 is 1.02. The number of fused-ring (bicyclic) bond motifs is 1. The number of allylic oxidation sites excluding steroid dienone is 2. The first-order valence-corrected chi connectivity index (χ1v) is 10.1. The van der Waals surface area contributed by atoms with E-state index in [1.165, 1.54) is 23.3 Å². The van der Waals surface area contributed by atoms with Crippen molar-refractivity contribution in [1.29, 1.82) is 0 Å². The Bertz CT molecular complexity index is 1060. The third kappa shape index (κ3) is 4.03. The second-order valence-electron chi connectivity index (χ2n) is 7.04. The fraction of sp³-hybridized carbons (Fsp3) is 0.471. The van der Waals surface area contributed by atoms with Gasteiger partial charge in [-0.2, -0.15) is 13.2 Å². The summed E-state index contributed by atoms with van der Waals surface area (Å²) in [6.45, 7) is 0. The van der Waals surface area contributed by atoms with Gasteiger partial charge in [0, 0.05) is 10.7 Å². The molecule has 0 spiro atoms. The van der Waals surface area contributed by atoms with E-state index in [1.54, 1.807) is 0 Å². The molecule has 2 aliphatic rings. The van der Waals surface area contributed by atoms with Crippen molar-refractivity contribution in [3.8, 4) is 0 Å². The summed E-state index contributed by atoms with van der Waals surface area (Å²) in [7, 11) is 0. The molecule has 0 bridgehead atoms. The van der Waals surface area contributed by atoms with Crippen LogP contribution in [0.4, 0.5) is 19.0 Å². The predicted octanol–water partition coefficient (Wildman–Crippen LogP) is 1.88. The van der Waals surface area contributed by atoms with Gasteiger partial charge in [-0.15, -0.1) is 16.7 Å². The normalized spacial score (nSPS) is 29.1. The molecule has 1 fully saturated rings. The van der Waals surface area contributed by atoms with Crippen molar-refractivity contribution >= 4 is 28.7 Å². The van der Waals surface area contributed by atoms with Crippen LogP contribution in [0.25, 0.3) is 11.2 Å². The summed E-state index contributed by atoms with van der Waals surface area (Å²) in [5.74, 6) is -1.56. The summed E-state index contributed by atoms with van der Waals surface area (Å²) in [6, 6.07) is 0. The van der Waals surface area contributed by atoms with Crippen LogP contribution in [0.5, 0.6) is 0 Å². The molecule has 0 saturated carbocycles. The lowest BCUT2D eigenvalue weighted by atomic mass is 9.99. The minimum Gasteiger partial charge on any atom is -0.387 e. The molecule has 1 saturated heterocycles. The number of hydrogen-bond donors (Lipinski definition) is 3. The number of rotatable bonds is 5. The van der Waals surface area contributed by atoms with Gasteiger partial charge < -0.3 is 20.7 Å². The minimum atomic E-state index is -4.47. The lowest BCUT2D eigenvalue weighted by Gasteiger charge is -2.21. The van der Waals surface area contributed by atoms with Crippen molar-refractivity contribution in [3.63, 3.8) is 0 Å². The SMILES string of the molecule is Nc1ncnc2c1ncn2C1O[C@H](CSC2=CCC(C(F)(F)F)C=C2N=O)[C@@H](O)[C@H]1O. The Labute approximate surface area is 177 Å². The Morgan fingerprint density at radius 1 is 1.29 bits per heavy atom. The maximum atomic E-state index is 12.9. The van der Waals surface area contributed by atoms with Crippen molar-refractivity contribution in [3.05, 3.63) is 40.3 Å². The number of thioether (sulfide) groups is 1. The molecule has 2 aromatic rings. The number of nitrogens with zero attached hydrogens (tertiary/aromatic N) is 5. The zero-order chi connectivity index (χ0) is 22.3. The maximum absolute atomic E-state index is 12.9. The molecule has 0 aromatic carbocycles. The first-order valence-electron chi connectivity index (χ1n) is 9.10. The van der Waals surface area contributed by atoms with Crippen LogP contribution < -0.4 is 5.73 Å². The van der Waals surface area contributed by atoms with Crippen molar-refractivity contribution in [2.45, 2.75) is 37.1 Å². The van der Waals surface area contributed by atoms with Crippen LogP contribution in [-0.4, -0.2) is 60.0 Å². The van der Waals surface area contributed by atoms with Crippen molar-refractivity contribution in [2.24, 2.45) is 11.1 Å². The fourth-order valence-electron chi connectivity index (χ4n) is 3.44. The van der Waals surface area contributed by atoms with E-state index in [0.29, 0.717) is 11.2 Å². The number of ether oxygens (including phenoxy) is 1. The van der Waals surface area contributed by atoms with Crippen LogP contribution in [0.3, 0.4) is 0 Å². The van der Waals surface area contributed by atoms with Gasteiger partial charge in [0.1, 0.15) is 29.7 Å². The number of aliphatic hydroxyl groups excluding tert-OH is 2. The molecule has 166 valence electrons. The van der Waals surface area contributed by atoms with Gasteiger partial charge in [0.05, 0.1) is 18.3 Å². The van der Waals surface area contributed by atoms with Crippen LogP contribution in [0.2, 0.25) is 0 Å². The molecule has 2 unspecified atom stereocenters. The standard InChI is InChI=1S/C17H17F3N6O4S/c18-17(19,20)7-1-2-10(8(3-7)25-29)31-4-9-12(27)13(28)16(30-9)26-6-24-11-14(21)22-5-23-15(11)26/h2-3,5-7,9,12-13,16,27-28H,1,4H2,(H2,21,22,23)/t7?,9-,12-,13-,16?/m1/s1. The van der Waals surface area contributed by atoms with E-state index >= 15 is 0 Å². The number of aromatic nitrogens is 4. The molecule has 31 heavy (non-hydrogen) atoms. The highest BCUT2D eigenvalue weighted by atomic mass is 32.2. The lowest BCUT2D eigenvalue weighted by Crippen LogP contribution is -2.32. The quantitative estimate of drug-likeness (QED) is 0.571. The van der Waals surface area contributed by atoms with E-state index in [1.807, 2.05) is 0 Å². The number of imidazole rings is 1. The average molecular weight is 458 g/mol. The van der Waals surface area contributed by atoms with Crippen LogP contribution in [0.1, 0.15) is 12.6 Å². The third-order valence-corrected chi connectivity index (χ3v) is 6.27. The Morgan fingerprint density at radius 3 is 2.77 bits per heavy atom. The number of anilines is 1. The molecule has 4 rings (SSSR count). The smallest absolute Gasteiger partial charge is 0.387 e. The minimum absolute atomic E-state index is 0.0634.